The lowest BCUT2D eigenvalue weighted by Gasteiger charge is -2.09. The molecule has 0 bridgehead atoms. The highest BCUT2D eigenvalue weighted by Gasteiger charge is 2.49. The van der Waals surface area contributed by atoms with Crippen LogP contribution in [0.15, 0.2) is 34.1 Å². The van der Waals surface area contributed by atoms with E-state index in [1.54, 1.807) is 6.07 Å². The zero-order chi connectivity index (χ0) is 23.1. The van der Waals surface area contributed by atoms with Gasteiger partial charge in [0.15, 0.2) is 19.4 Å². The molecule has 0 spiro atoms. The van der Waals surface area contributed by atoms with Gasteiger partial charge in [0.05, 0.1) is 0 Å². The number of alkyl halides is 6. The van der Waals surface area contributed by atoms with Crippen LogP contribution >= 0.6 is 0 Å². The molecule has 0 aliphatic rings. The summed E-state index contributed by atoms with van der Waals surface area (Å²) in [4.78, 5) is 0. The largest absolute Gasteiger partial charge is 0.741 e. The van der Waals surface area contributed by atoms with E-state index >= 15 is 0 Å². The Bertz CT molecular complexity index is 908. The van der Waals surface area contributed by atoms with Crippen molar-refractivity contribution in [2.45, 2.75) is 17.9 Å². The molecule has 0 N–H and O–H groups in total. The lowest BCUT2D eigenvalue weighted by Crippen LogP contribution is -3.59. The monoisotopic (exact) mass is 586 g/mol. The number of aryl methyl sites for hydroxylation is 1. The Morgan fingerprint density at radius 3 is 1.93 bits per heavy atom. The van der Waals surface area contributed by atoms with Crippen molar-refractivity contribution in [2.24, 2.45) is 0 Å². The fourth-order valence-corrected chi connectivity index (χ4v) is 3.92. The zero-order valence-electron chi connectivity index (χ0n) is 14.4. The number of methoxy groups -OCH3 is 1. The van der Waals surface area contributed by atoms with Crippen LogP contribution in [-0.4, -0.2) is 46.1 Å². The molecule has 0 aromatic heterocycles. The zero-order valence-corrected chi connectivity index (χ0v) is 18.2. The molecule has 1 aromatic rings. The van der Waals surface area contributed by atoms with E-state index in [1.165, 1.54) is 11.2 Å². The summed E-state index contributed by atoms with van der Waals surface area (Å²) in [7, 11) is -10.5. The minimum absolute atomic E-state index is 0.346. The van der Waals surface area contributed by atoms with E-state index in [-0.39, 0.29) is 12.4 Å². The van der Waals surface area contributed by atoms with Crippen LogP contribution in [0.5, 0.6) is 0 Å². The van der Waals surface area contributed by atoms with E-state index in [0.717, 1.165) is 9.13 Å². The van der Waals surface area contributed by atoms with Gasteiger partial charge in [-0.2, -0.15) is 34.8 Å². The first-order chi connectivity index (χ1) is 12.9. The highest BCUT2D eigenvalue weighted by Crippen LogP contribution is 2.26. The molecule has 0 saturated carbocycles. The van der Waals surface area contributed by atoms with Crippen molar-refractivity contribution in [1.82, 2.24) is 0 Å². The van der Waals surface area contributed by atoms with Gasteiger partial charge in [0, 0.05) is 12.7 Å². The standard InChI is InChI=1S/C12H13F3IO4S.CHF3O3S/c1-9-5-3-4-6-11(9)16-7-10(8-19-2)20-21(17,18)12(13,14)15;2-1(3,4)8(5,6)7/h3-7H,8H2,1-2H3;(H,5,6,7)/q+1;/p-1/b10-7+;. The van der Waals surface area contributed by atoms with Gasteiger partial charge in [-0.25, -0.2) is 8.42 Å². The minimum Gasteiger partial charge on any atom is -0.741 e. The van der Waals surface area contributed by atoms with Crippen molar-refractivity contribution in [3.8, 4) is 0 Å². The van der Waals surface area contributed by atoms with E-state index in [1.807, 2.05) is 25.1 Å². The summed E-state index contributed by atoms with van der Waals surface area (Å²) >= 11 is -0.838. The first kappa shape index (κ1) is 27.9. The van der Waals surface area contributed by atoms with Crippen LogP contribution in [-0.2, 0) is 29.2 Å². The number of benzene rings is 1. The van der Waals surface area contributed by atoms with Crippen molar-refractivity contribution in [3.63, 3.8) is 0 Å². The summed E-state index contributed by atoms with van der Waals surface area (Å²) in [5.41, 5.74) is -10.1. The molecule has 29 heavy (non-hydrogen) atoms. The smallest absolute Gasteiger partial charge is 0.534 e. The molecule has 0 heterocycles. The summed E-state index contributed by atoms with van der Waals surface area (Å²) < 4.78 is 129. The molecule has 0 unspecified atom stereocenters. The first-order valence-electron chi connectivity index (χ1n) is 6.82. The van der Waals surface area contributed by atoms with Crippen LogP contribution in [0.3, 0.4) is 0 Å². The van der Waals surface area contributed by atoms with E-state index in [2.05, 4.69) is 8.92 Å². The number of rotatable bonds is 6. The maximum atomic E-state index is 12.3. The van der Waals surface area contributed by atoms with Crippen LogP contribution in [0.2, 0.25) is 0 Å². The summed E-state index contributed by atoms with van der Waals surface area (Å²) in [5, 5.41) is 0. The molecule has 1 rings (SSSR count). The molecule has 0 aliphatic carbocycles. The van der Waals surface area contributed by atoms with Gasteiger partial charge < -0.3 is 13.5 Å². The highest BCUT2D eigenvalue weighted by molar-refractivity contribution is 7.87. The molecule has 16 heteroatoms. The Morgan fingerprint density at radius 1 is 1.07 bits per heavy atom. The van der Waals surface area contributed by atoms with Gasteiger partial charge in [0.25, 0.3) is 0 Å². The number of hydrogen-bond acceptors (Lipinski definition) is 7. The molecule has 0 atom stereocenters. The van der Waals surface area contributed by atoms with Crippen molar-refractivity contribution < 1.29 is 77.9 Å². The molecule has 0 amide bonds. The van der Waals surface area contributed by atoms with E-state index in [9.17, 15) is 34.8 Å². The Hall–Kier alpha value is -1.11. The van der Waals surface area contributed by atoms with Crippen molar-refractivity contribution in [3.05, 3.63) is 43.2 Å². The quantitative estimate of drug-likeness (QED) is 0.112. The second kappa shape index (κ2) is 10.8. The summed E-state index contributed by atoms with van der Waals surface area (Å²) in [6, 6.07) is 7.35. The third-order valence-electron chi connectivity index (χ3n) is 2.44. The molecule has 168 valence electrons. The van der Waals surface area contributed by atoms with Gasteiger partial charge in [-0.1, -0.05) is 18.2 Å². The normalized spacial score (nSPS) is 13.5. The predicted octanol–water partition coefficient (Wildman–Crippen LogP) is -0.341. The first-order valence-corrected chi connectivity index (χ1v) is 12.0. The van der Waals surface area contributed by atoms with Gasteiger partial charge in [-0.3, -0.25) is 0 Å². The molecule has 7 nitrogen and oxygen atoms in total. The van der Waals surface area contributed by atoms with Crippen LogP contribution in [0.1, 0.15) is 5.56 Å². The number of hydrogen-bond donors (Lipinski definition) is 0. The Labute approximate surface area is 172 Å². The SMILES string of the molecule is COC/C(=C\[I+]c1ccccc1C)OS(=O)(=O)C(F)(F)F.O=S(=O)([O-])C(F)(F)F. The minimum atomic E-state index is -6.09. The number of ether oxygens (including phenoxy) is 1. The summed E-state index contributed by atoms with van der Waals surface area (Å²) in [6.45, 7) is 1.52. The van der Waals surface area contributed by atoms with Crippen LogP contribution in [0.4, 0.5) is 26.3 Å². The average Bonchev–Trinajstić information content (AvgIpc) is 2.51. The summed E-state index contributed by atoms with van der Waals surface area (Å²) in [5.74, 6) is -0.356. The molecule has 0 fully saturated rings. The molecule has 0 radical (unpaired) electrons. The van der Waals surface area contributed by atoms with Crippen LogP contribution < -0.4 is 21.2 Å². The lowest BCUT2D eigenvalue weighted by molar-refractivity contribution is -0.559. The predicted molar refractivity (Wildman–Crippen MR) is 81.6 cm³/mol. The lowest BCUT2D eigenvalue weighted by atomic mass is 10.2. The Balaban J connectivity index is 0.000000828. The van der Waals surface area contributed by atoms with Crippen molar-refractivity contribution in [1.29, 1.82) is 0 Å². The Kier molecular flexibility index (Phi) is 10.4. The number of halogens is 7. The van der Waals surface area contributed by atoms with Gasteiger partial charge in [0.2, 0.25) is 4.08 Å². The molecular weight excluding hydrogens is 573 g/mol. The molecule has 0 saturated heterocycles. The van der Waals surface area contributed by atoms with Gasteiger partial charge in [-0.15, -0.1) is 0 Å². The average molecular weight is 586 g/mol. The van der Waals surface area contributed by atoms with Gasteiger partial charge in [0.1, 0.15) is 6.61 Å². The molecular formula is C13H13F6IO7S2. The fourth-order valence-electron chi connectivity index (χ4n) is 1.20. The third kappa shape index (κ3) is 9.96. The van der Waals surface area contributed by atoms with Gasteiger partial charge in [-0.05, 0) is 13.0 Å². The van der Waals surface area contributed by atoms with E-state index < -0.39 is 52.5 Å². The second-order valence-corrected chi connectivity index (χ2v) is 10.1. The van der Waals surface area contributed by atoms with E-state index in [0.29, 0.717) is 0 Å². The van der Waals surface area contributed by atoms with E-state index in [4.69, 9.17) is 13.0 Å². The topological polar surface area (TPSA) is 110 Å². The Morgan fingerprint density at radius 2 is 1.55 bits per heavy atom. The molecule has 0 aliphatic heterocycles. The molecule has 1 aromatic carbocycles. The third-order valence-corrected chi connectivity index (χ3v) is 6.90. The van der Waals surface area contributed by atoms with Crippen LogP contribution in [0.25, 0.3) is 0 Å². The fraction of sp³-hybridized carbons (Fsp3) is 0.385. The van der Waals surface area contributed by atoms with Crippen LogP contribution in [0, 0.1) is 10.5 Å². The maximum Gasteiger partial charge on any atom is 0.534 e. The summed E-state index contributed by atoms with van der Waals surface area (Å²) in [6.07, 6.45) is 0. The van der Waals surface area contributed by atoms with Crippen molar-refractivity contribution >= 4 is 20.2 Å². The maximum absolute atomic E-state index is 12.3. The van der Waals surface area contributed by atoms with Crippen molar-refractivity contribution in [2.75, 3.05) is 13.7 Å². The second-order valence-electron chi connectivity index (χ2n) is 4.75. The van der Waals surface area contributed by atoms with Gasteiger partial charge >= 0.3 is 42.3 Å². The highest BCUT2D eigenvalue weighted by atomic mass is 127.